The van der Waals surface area contributed by atoms with Crippen molar-refractivity contribution < 1.29 is 9.53 Å². The van der Waals surface area contributed by atoms with Gasteiger partial charge < -0.3 is 4.74 Å². The Bertz CT molecular complexity index is 468. The molecule has 0 bridgehead atoms. The number of carbonyl (C=O) groups is 1. The Labute approximate surface area is 121 Å². The molecule has 1 rings (SSSR count). The van der Waals surface area contributed by atoms with Gasteiger partial charge in [0, 0.05) is 12.5 Å². The zero-order chi connectivity index (χ0) is 15.6. The molecule has 0 radical (unpaired) electrons. The lowest BCUT2D eigenvalue weighted by atomic mass is 9.81. The fourth-order valence-corrected chi connectivity index (χ4v) is 2.33. The standard InChI is InChI=1S/C15H27N3O2/c1-8-15(9-2,13(19)20-10-3)12-16-11(14(4,5)6)17-18(12)7/h8-10H2,1-7H3. The van der Waals surface area contributed by atoms with Crippen LogP contribution in [0, 0.1) is 0 Å². The van der Waals surface area contributed by atoms with E-state index in [1.54, 1.807) is 4.68 Å². The second kappa shape index (κ2) is 5.94. The molecule has 0 spiro atoms. The molecule has 0 aliphatic rings. The van der Waals surface area contributed by atoms with Crippen LogP contribution in [0.2, 0.25) is 0 Å². The molecule has 0 saturated carbocycles. The molecule has 20 heavy (non-hydrogen) atoms. The van der Waals surface area contributed by atoms with Gasteiger partial charge in [0.1, 0.15) is 11.2 Å². The third kappa shape index (κ3) is 2.86. The van der Waals surface area contributed by atoms with Gasteiger partial charge in [-0.05, 0) is 19.8 Å². The highest BCUT2D eigenvalue weighted by molar-refractivity contribution is 5.82. The predicted octanol–water partition coefficient (Wildman–Crippen LogP) is 2.73. The number of aryl methyl sites for hydroxylation is 1. The fourth-order valence-electron chi connectivity index (χ4n) is 2.33. The number of carbonyl (C=O) groups excluding carboxylic acids is 1. The molecule has 0 N–H and O–H groups in total. The molecule has 1 heterocycles. The van der Waals surface area contributed by atoms with E-state index in [0.29, 0.717) is 25.3 Å². The van der Waals surface area contributed by atoms with Gasteiger partial charge in [-0.15, -0.1) is 0 Å². The largest absolute Gasteiger partial charge is 0.465 e. The monoisotopic (exact) mass is 281 g/mol. The van der Waals surface area contributed by atoms with Crippen molar-refractivity contribution in [1.82, 2.24) is 14.8 Å². The van der Waals surface area contributed by atoms with E-state index in [-0.39, 0.29) is 11.4 Å². The fraction of sp³-hybridized carbons (Fsp3) is 0.800. The van der Waals surface area contributed by atoms with Crippen molar-refractivity contribution in [2.24, 2.45) is 7.05 Å². The van der Waals surface area contributed by atoms with Gasteiger partial charge in [-0.25, -0.2) is 4.98 Å². The lowest BCUT2D eigenvalue weighted by Gasteiger charge is -2.27. The van der Waals surface area contributed by atoms with Gasteiger partial charge >= 0.3 is 5.97 Å². The second-order valence-electron chi connectivity index (χ2n) is 6.14. The summed E-state index contributed by atoms with van der Waals surface area (Å²) in [6.07, 6.45) is 1.30. The van der Waals surface area contributed by atoms with E-state index >= 15 is 0 Å². The lowest BCUT2D eigenvalue weighted by Crippen LogP contribution is -2.39. The number of ether oxygens (including phenoxy) is 1. The van der Waals surface area contributed by atoms with Gasteiger partial charge in [0.2, 0.25) is 0 Å². The summed E-state index contributed by atoms with van der Waals surface area (Å²) in [5, 5.41) is 4.48. The van der Waals surface area contributed by atoms with Crippen LogP contribution in [0.5, 0.6) is 0 Å². The summed E-state index contributed by atoms with van der Waals surface area (Å²) < 4.78 is 7.00. The van der Waals surface area contributed by atoms with E-state index < -0.39 is 5.41 Å². The third-order valence-electron chi connectivity index (χ3n) is 3.74. The number of nitrogens with zero attached hydrogens (tertiary/aromatic N) is 3. The second-order valence-corrected chi connectivity index (χ2v) is 6.14. The Hall–Kier alpha value is -1.39. The van der Waals surface area contributed by atoms with Crippen molar-refractivity contribution in [2.75, 3.05) is 6.61 Å². The molecule has 114 valence electrons. The first kappa shape index (κ1) is 16.7. The normalized spacial score (nSPS) is 12.6. The van der Waals surface area contributed by atoms with Crippen LogP contribution in [0.3, 0.4) is 0 Å². The van der Waals surface area contributed by atoms with Crippen LogP contribution < -0.4 is 0 Å². The highest BCUT2D eigenvalue weighted by atomic mass is 16.5. The van der Waals surface area contributed by atoms with Gasteiger partial charge in [0.05, 0.1) is 6.61 Å². The number of aromatic nitrogens is 3. The number of hydrogen-bond donors (Lipinski definition) is 0. The molecule has 0 aliphatic carbocycles. The van der Waals surface area contributed by atoms with E-state index in [1.807, 2.05) is 27.8 Å². The molecule has 0 fully saturated rings. The molecular weight excluding hydrogens is 254 g/mol. The number of esters is 1. The zero-order valence-electron chi connectivity index (χ0n) is 13.8. The third-order valence-corrected chi connectivity index (χ3v) is 3.74. The minimum atomic E-state index is -0.707. The average molecular weight is 281 g/mol. The molecule has 0 unspecified atom stereocenters. The smallest absolute Gasteiger partial charge is 0.319 e. The van der Waals surface area contributed by atoms with E-state index in [0.717, 1.165) is 5.82 Å². The molecule has 0 atom stereocenters. The van der Waals surface area contributed by atoms with Crippen molar-refractivity contribution >= 4 is 5.97 Å². The topological polar surface area (TPSA) is 57.0 Å². The maximum Gasteiger partial charge on any atom is 0.319 e. The Morgan fingerprint density at radius 2 is 1.75 bits per heavy atom. The quantitative estimate of drug-likeness (QED) is 0.779. The molecule has 5 heteroatoms. The molecule has 1 aromatic heterocycles. The van der Waals surface area contributed by atoms with Gasteiger partial charge in [0.25, 0.3) is 0 Å². The van der Waals surface area contributed by atoms with E-state index in [1.165, 1.54) is 0 Å². The van der Waals surface area contributed by atoms with Crippen LogP contribution in [0.15, 0.2) is 0 Å². The van der Waals surface area contributed by atoms with Gasteiger partial charge in [-0.3, -0.25) is 9.48 Å². The van der Waals surface area contributed by atoms with Crippen LogP contribution in [-0.2, 0) is 27.4 Å². The highest BCUT2D eigenvalue weighted by Crippen LogP contribution is 2.33. The summed E-state index contributed by atoms with van der Waals surface area (Å²) in [7, 11) is 1.84. The summed E-state index contributed by atoms with van der Waals surface area (Å²) in [4.78, 5) is 17.1. The SMILES string of the molecule is CCOC(=O)C(CC)(CC)c1nc(C(C)(C)C)nn1C. The van der Waals surface area contributed by atoms with Crippen LogP contribution in [-0.4, -0.2) is 27.3 Å². The average Bonchev–Trinajstić information content (AvgIpc) is 2.75. The highest BCUT2D eigenvalue weighted by Gasteiger charge is 2.43. The molecular formula is C15H27N3O2. The maximum atomic E-state index is 12.4. The Morgan fingerprint density at radius 1 is 1.20 bits per heavy atom. The molecule has 0 amide bonds. The zero-order valence-corrected chi connectivity index (χ0v) is 13.8. The van der Waals surface area contributed by atoms with Crippen LogP contribution in [0.25, 0.3) is 0 Å². The number of hydrogen-bond acceptors (Lipinski definition) is 4. The van der Waals surface area contributed by atoms with Crippen LogP contribution in [0.1, 0.15) is 66.0 Å². The van der Waals surface area contributed by atoms with Gasteiger partial charge in [0.15, 0.2) is 5.82 Å². The van der Waals surface area contributed by atoms with E-state index in [2.05, 4.69) is 30.9 Å². The molecule has 0 aliphatic heterocycles. The molecule has 0 aromatic carbocycles. The van der Waals surface area contributed by atoms with Crippen molar-refractivity contribution in [2.45, 2.75) is 65.2 Å². The molecule has 1 aromatic rings. The van der Waals surface area contributed by atoms with Crippen molar-refractivity contribution in [1.29, 1.82) is 0 Å². The Kier molecular flexibility index (Phi) is 4.95. The van der Waals surface area contributed by atoms with E-state index in [4.69, 9.17) is 4.74 Å². The summed E-state index contributed by atoms with van der Waals surface area (Å²) in [6.45, 7) is 12.4. The Balaban J connectivity index is 3.36. The predicted molar refractivity (Wildman–Crippen MR) is 78.6 cm³/mol. The van der Waals surface area contributed by atoms with Crippen LogP contribution >= 0.6 is 0 Å². The van der Waals surface area contributed by atoms with E-state index in [9.17, 15) is 4.79 Å². The minimum Gasteiger partial charge on any atom is -0.465 e. The summed E-state index contributed by atoms with van der Waals surface area (Å²) in [5.41, 5.74) is -0.848. The van der Waals surface area contributed by atoms with Crippen LogP contribution in [0.4, 0.5) is 0 Å². The summed E-state index contributed by atoms with van der Waals surface area (Å²) >= 11 is 0. The first-order valence-electron chi connectivity index (χ1n) is 7.32. The first-order chi connectivity index (χ1) is 9.22. The summed E-state index contributed by atoms with van der Waals surface area (Å²) in [5.74, 6) is 1.25. The van der Waals surface area contributed by atoms with Crippen molar-refractivity contribution in [3.05, 3.63) is 11.6 Å². The lowest BCUT2D eigenvalue weighted by molar-refractivity contribution is -0.151. The first-order valence-corrected chi connectivity index (χ1v) is 7.32. The number of rotatable bonds is 5. The van der Waals surface area contributed by atoms with Gasteiger partial charge in [-0.2, -0.15) is 5.10 Å². The minimum absolute atomic E-state index is 0.141. The molecule has 5 nitrogen and oxygen atoms in total. The van der Waals surface area contributed by atoms with Gasteiger partial charge in [-0.1, -0.05) is 34.6 Å². The summed E-state index contributed by atoms with van der Waals surface area (Å²) in [6, 6.07) is 0. The van der Waals surface area contributed by atoms with Crippen molar-refractivity contribution in [3.63, 3.8) is 0 Å². The molecule has 0 saturated heterocycles. The van der Waals surface area contributed by atoms with Crippen molar-refractivity contribution in [3.8, 4) is 0 Å². The maximum absolute atomic E-state index is 12.4. The Morgan fingerprint density at radius 3 is 2.10 bits per heavy atom.